The van der Waals surface area contributed by atoms with Crippen LogP contribution in [-0.2, 0) is 10.0 Å². The van der Waals surface area contributed by atoms with Gasteiger partial charge in [-0.15, -0.1) is 0 Å². The smallest absolute Gasteiger partial charge is 0.252 e. The van der Waals surface area contributed by atoms with E-state index in [0.29, 0.717) is 16.7 Å². The highest BCUT2D eigenvalue weighted by Crippen LogP contribution is 2.19. The van der Waals surface area contributed by atoms with E-state index in [1.54, 1.807) is 0 Å². The summed E-state index contributed by atoms with van der Waals surface area (Å²) in [5.41, 5.74) is 0. The lowest BCUT2D eigenvalue weighted by Gasteiger charge is -2.16. The molecule has 0 radical (unpaired) electrons. The molecule has 5 nitrogen and oxygen atoms in total. The van der Waals surface area contributed by atoms with Crippen molar-refractivity contribution in [1.29, 1.82) is 0 Å². The van der Waals surface area contributed by atoms with Gasteiger partial charge in [-0.3, -0.25) is 0 Å². The zero-order valence-electron chi connectivity index (χ0n) is 12.1. The van der Waals surface area contributed by atoms with Gasteiger partial charge in [-0.05, 0) is 44.3 Å². The molecular formula is C13H20F2N2O3S. The van der Waals surface area contributed by atoms with E-state index in [2.05, 4.69) is 5.32 Å². The van der Waals surface area contributed by atoms with Gasteiger partial charge in [0, 0.05) is 7.05 Å². The average Bonchev–Trinajstić information content (AvgIpc) is 2.43. The minimum atomic E-state index is -3.89. The topological polar surface area (TPSA) is 58.6 Å². The molecule has 0 unspecified atom stereocenters. The Balaban J connectivity index is 2.68. The number of nitrogens with zero attached hydrogens (tertiary/aromatic N) is 1. The number of hydrogen-bond acceptors (Lipinski definition) is 4. The summed E-state index contributed by atoms with van der Waals surface area (Å²) in [6.45, 7) is 0.508. The molecule has 0 spiro atoms. The molecule has 0 amide bonds. The van der Waals surface area contributed by atoms with Crippen LogP contribution in [-0.4, -0.2) is 52.9 Å². The van der Waals surface area contributed by atoms with Crippen LogP contribution >= 0.6 is 0 Å². The molecule has 0 heterocycles. The van der Waals surface area contributed by atoms with Crippen molar-refractivity contribution in [2.45, 2.75) is 17.7 Å². The zero-order valence-corrected chi connectivity index (χ0v) is 12.9. The van der Waals surface area contributed by atoms with Crippen LogP contribution in [0.15, 0.2) is 29.2 Å². The molecule has 0 aliphatic rings. The van der Waals surface area contributed by atoms with E-state index in [9.17, 15) is 17.2 Å². The standard InChI is InChI=1S/C13H20F2N2O3S/c1-16-8-3-9-20-11-4-6-12(7-5-11)21(18,19)17(2)10-13(14)15/h4-7,13,16H,3,8-10H2,1-2H3. The third-order valence-electron chi connectivity index (χ3n) is 2.77. The number of alkyl halides is 2. The number of hydrogen-bond donors (Lipinski definition) is 1. The predicted molar refractivity (Wildman–Crippen MR) is 76.3 cm³/mol. The lowest BCUT2D eigenvalue weighted by Crippen LogP contribution is -2.31. The van der Waals surface area contributed by atoms with Crippen LogP contribution in [0.3, 0.4) is 0 Å². The van der Waals surface area contributed by atoms with Crippen molar-refractivity contribution >= 4 is 10.0 Å². The summed E-state index contributed by atoms with van der Waals surface area (Å²) in [7, 11) is -0.921. The number of benzene rings is 1. The molecule has 1 aromatic carbocycles. The first kappa shape index (κ1) is 17.8. The second-order valence-corrected chi connectivity index (χ2v) is 6.50. The van der Waals surface area contributed by atoms with Gasteiger partial charge in [0.2, 0.25) is 10.0 Å². The van der Waals surface area contributed by atoms with Crippen LogP contribution in [0.2, 0.25) is 0 Å². The molecule has 120 valence electrons. The number of rotatable bonds is 9. The van der Waals surface area contributed by atoms with Gasteiger partial charge < -0.3 is 10.1 Å². The molecule has 0 aromatic heterocycles. The number of nitrogens with one attached hydrogen (secondary N) is 1. The molecular weight excluding hydrogens is 302 g/mol. The van der Waals surface area contributed by atoms with Crippen molar-refractivity contribution < 1.29 is 21.9 Å². The first-order chi connectivity index (χ1) is 9.87. The van der Waals surface area contributed by atoms with E-state index in [-0.39, 0.29) is 4.90 Å². The fourth-order valence-electron chi connectivity index (χ4n) is 1.62. The summed E-state index contributed by atoms with van der Waals surface area (Å²) in [5.74, 6) is 0.543. The minimum Gasteiger partial charge on any atom is -0.494 e. The molecule has 21 heavy (non-hydrogen) atoms. The molecule has 1 rings (SSSR count). The van der Waals surface area contributed by atoms with Gasteiger partial charge in [-0.1, -0.05) is 0 Å². The molecule has 0 aliphatic carbocycles. The molecule has 0 aliphatic heterocycles. The van der Waals surface area contributed by atoms with Crippen LogP contribution in [0.4, 0.5) is 8.78 Å². The van der Waals surface area contributed by atoms with Crippen molar-refractivity contribution in [3.05, 3.63) is 24.3 Å². The molecule has 0 fully saturated rings. The molecule has 0 bridgehead atoms. The Morgan fingerprint density at radius 1 is 1.29 bits per heavy atom. The van der Waals surface area contributed by atoms with Crippen molar-refractivity contribution in [2.75, 3.05) is 33.8 Å². The Bertz CT molecular complexity index is 521. The summed E-state index contributed by atoms with van der Waals surface area (Å²) in [6, 6.07) is 5.74. The number of sulfonamides is 1. The van der Waals surface area contributed by atoms with Crippen molar-refractivity contribution in [2.24, 2.45) is 0 Å². The van der Waals surface area contributed by atoms with Crippen LogP contribution in [0.25, 0.3) is 0 Å². The highest BCUT2D eigenvalue weighted by molar-refractivity contribution is 7.89. The Hall–Kier alpha value is -1.25. The Labute approximate surface area is 124 Å². The fraction of sp³-hybridized carbons (Fsp3) is 0.538. The molecule has 0 saturated heterocycles. The first-order valence-corrected chi connectivity index (χ1v) is 7.94. The summed E-state index contributed by atoms with van der Waals surface area (Å²) < 4.78 is 54.6. The normalized spacial score (nSPS) is 12.1. The fourth-order valence-corrected chi connectivity index (χ4v) is 2.77. The highest BCUT2D eigenvalue weighted by atomic mass is 32.2. The minimum absolute atomic E-state index is 0.0341. The maximum absolute atomic E-state index is 12.3. The molecule has 0 atom stereocenters. The Morgan fingerprint density at radius 2 is 1.90 bits per heavy atom. The summed E-state index contributed by atoms with van der Waals surface area (Å²) in [5, 5.41) is 2.98. The van der Waals surface area contributed by atoms with E-state index in [1.165, 1.54) is 24.3 Å². The second-order valence-electron chi connectivity index (χ2n) is 4.45. The summed E-state index contributed by atoms with van der Waals surface area (Å²) in [6.07, 6.45) is -1.88. The van der Waals surface area contributed by atoms with E-state index >= 15 is 0 Å². The molecule has 1 aromatic rings. The highest BCUT2D eigenvalue weighted by Gasteiger charge is 2.23. The lowest BCUT2D eigenvalue weighted by molar-refractivity contribution is 0.126. The monoisotopic (exact) mass is 322 g/mol. The second kappa shape index (κ2) is 8.26. The van der Waals surface area contributed by atoms with Gasteiger partial charge in [0.1, 0.15) is 5.75 Å². The van der Waals surface area contributed by atoms with Crippen LogP contribution < -0.4 is 10.1 Å². The van der Waals surface area contributed by atoms with Gasteiger partial charge in [0.05, 0.1) is 18.0 Å². The first-order valence-electron chi connectivity index (χ1n) is 6.50. The van der Waals surface area contributed by atoms with E-state index in [4.69, 9.17) is 4.74 Å². The van der Waals surface area contributed by atoms with Gasteiger partial charge in [-0.2, -0.15) is 4.31 Å². The van der Waals surface area contributed by atoms with Gasteiger partial charge in [0.25, 0.3) is 6.43 Å². The van der Waals surface area contributed by atoms with E-state index < -0.39 is 23.0 Å². The Morgan fingerprint density at radius 3 is 2.43 bits per heavy atom. The third-order valence-corrected chi connectivity index (χ3v) is 4.60. The molecule has 1 N–H and O–H groups in total. The zero-order chi connectivity index (χ0) is 15.9. The maximum Gasteiger partial charge on any atom is 0.252 e. The maximum atomic E-state index is 12.3. The van der Waals surface area contributed by atoms with Gasteiger partial charge in [-0.25, -0.2) is 17.2 Å². The SMILES string of the molecule is CNCCCOc1ccc(S(=O)(=O)N(C)CC(F)F)cc1. The number of ether oxygens (including phenoxy) is 1. The molecule has 8 heteroatoms. The third kappa shape index (κ3) is 5.56. The predicted octanol–water partition coefficient (Wildman–Crippen LogP) is 1.56. The number of halogens is 2. The van der Waals surface area contributed by atoms with Crippen molar-refractivity contribution in [3.63, 3.8) is 0 Å². The van der Waals surface area contributed by atoms with Crippen molar-refractivity contribution in [3.8, 4) is 5.75 Å². The van der Waals surface area contributed by atoms with Gasteiger partial charge >= 0.3 is 0 Å². The van der Waals surface area contributed by atoms with Crippen LogP contribution in [0.5, 0.6) is 5.75 Å². The van der Waals surface area contributed by atoms with Crippen LogP contribution in [0, 0.1) is 0 Å². The van der Waals surface area contributed by atoms with E-state index in [1.807, 2.05) is 7.05 Å². The van der Waals surface area contributed by atoms with Crippen LogP contribution in [0.1, 0.15) is 6.42 Å². The average molecular weight is 322 g/mol. The summed E-state index contributed by atoms with van der Waals surface area (Å²) in [4.78, 5) is -0.0341. The van der Waals surface area contributed by atoms with E-state index in [0.717, 1.165) is 20.0 Å². The Kier molecular flexibility index (Phi) is 7.00. The largest absolute Gasteiger partial charge is 0.494 e. The van der Waals surface area contributed by atoms with Gasteiger partial charge in [0.15, 0.2) is 0 Å². The molecule has 0 saturated carbocycles. The quantitative estimate of drug-likeness (QED) is 0.701. The lowest BCUT2D eigenvalue weighted by atomic mass is 10.3. The van der Waals surface area contributed by atoms with Crippen molar-refractivity contribution in [1.82, 2.24) is 9.62 Å². The summed E-state index contributed by atoms with van der Waals surface area (Å²) >= 11 is 0.